The van der Waals surface area contributed by atoms with Gasteiger partial charge in [-0.1, -0.05) is 64.4 Å². The summed E-state index contributed by atoms with van der Waals surface area (Å²) in [6.45, 7) is 11.7. The highest BCUT2D eigenvalue weighted by molar-refractivity contribution is 7.92. The topological polar surface area (TPSA) is 245 Å². The molecule has 1 saturated heterocycles. The molecule has 0 bridgehead atoms. The zero-order valence-corrected chi connectivity index (χ0v) is 49.4. The van der Waals surface area contributed by atoms with Gasteiger partial charge in [-0.2, -0.15) is 0 Å². The number of imidazole rings is 1. The summed E-state index contributed by atoms with van der Waals surface area (Å²) in [7, 11) is 2.86. The second kappa shape index (κ2) is 27.5. The first kappa shape index (κ1) is 61.4. The van der Waals surface area contributed by atoms with E-state index in [0.717, 1.165) is 47.5 Å². The van der Waals surface area contributed by atoms with E-state index in [1.165, 1.54) is 44.4 Å². The van der Waals surface area contributed by atoms with E-state index in [9.17, 15) is 37.5 Å². The Balaban J connectivity index is 0.925. The summed E-state index contributed by atoms with van der Waals surface area (Å²) in [4.78, 5) is 76.2. The largest absolute Gasteiger partial charge is 0.493 e. The molecule has 0 radical (unpaired) electrons. The van der Waals surface area contributed by atoms with E-state index in [-0.39, 0.29) is 66.0 Å². The number of ether oxygens (including phenoxy) is 3. The van der Waals surface area contributed by atoms with Crippen molar-refractivity contribution in [1.29, 1.82) is 0 Å². The fourth-order valence-corrected chi connectivity index (χ4v) is 11.4. The number of hydrogen-bond donors (Lipinski definition) is 5. The Kier molecular flexibility index (Phi) is 20.8. The molecule has 1 aliphatic heterocycles. The van der Waals surface area contributed by atoms with Gasteiger partial charge in [0.1, 0.15) is 29.3 Å². The molecule has 0 saturated carbocycles. The number of likely N-dealkylation sites (tertiary alicyclic amines) is 1. The highest BCUT2D eigenvalue weighted by Crippen LogP contribution is 2.38. The molecule has 22 heteroatoms. The van der Waals surface area contributed by atoms with Crippen molar-refractivity contribution in [2.24, 2.45) is 19.5 Å². The molecule has 6 aromatic rings. The number of carbonyl (C=O) groups is 4. The Hall–Kier alpha value is -7.27. The molecule has 1 fully saturated rings. The van der Waals surface area contributed by atoms with Crippen molar-refractivity contribution in [2.75, 3.05) is 51.7 Å². The van der Waals surface area contributed by atoms with Crippen LogP contribution in [0.5, 0.6) is 23.0 Å². The van der Waals surface area contributed by atoms with Crippen LogP contribution in [0, 0.1) is 12.3 Å². The molecular weight excluding hydrogens is 1070 g/mol. The Bertz CT molecular complexity index is 3350. The number of rotatable bonds is 27. The van der Waals surface area contributed by atoms with Crippen LogP contribution in [0.25, 0.3) is 21.5 Å². The van der Waals surface area contributed by atoms with Crippen LogP contribution in [0.15, 0.2) is 94.1 Å². The molecule has 0 unspecified atom stereocenters. The Morgan fingerprint density at radius 2 is 1.56 bits per heavy atom. The number of anilines is 1. The van der Waals surface area contributed by atoms with Crippen LogP contribution in [0.3, 0.4) is 0 Å². The molecule has 2 aromatic heterocycles. The molecule has 0 spiro atoms. The number of aliphatic hydroxyl groups is 1. The summed E-state index contributed by atoms with van der Waals surface area (Å²) < 4.78 is 52.4. The number of thiazole rings is 1. The van der Waals surface area contributed by atoms with Crippen molar-refractivity contribution in [2.45, 2.75) is 116 Å². The first-order valence-corrected chi connectivity index (χ1v) is 29.8. The number of nitrogens with zero attached hydrogens (tertiary/aromatic N) is 5. The lowest BCUT2D eigenvalue weighted by Gasteiger charge is -2.35. The fraction of sp³-hybridized carbons (Fsp3) is 0.458. The van der Waals surface area contributed by atoms with Gasteiger partial charge < -0.3 is 45.1 Å². The van der Waals surface area contributed by atoms with Crippen LogP contribution in [0.2, 0.25) is 0 Å². The third kappa shape index (κ3) is 16.2. The van der Waals surface area contributed by atoms with Crippen molar-refractivity contribution in [3.8, 4) is 33.4 Å². The van der Waals surface area contributed by atoms with E-state index in [0.29, 0.717) is 60.8 Å². The summed E-state index contributed by atoms with van der Waals surface area (Å²) in [6.07, 6.45) is 3.30. The lowest BCUT2D eigenvalue weighted by atomic mass is 9.85. The number of fused-ring (bicyclic) bond motifs is 1. The van der Waals surface area contributed by atoms with Gasteiger partial charge in [0.25, 0.3) is 15.9 Å². The fourth-order valence-electron chi connectivity index (χ4n) is 9.44. The van der Waals surface area contributed by atoms with Crippen LogP contribution in [-0.2, 0) is 45.0 Å². The van der Waals surface area contributed by atoms with Crippen molar-refractivity contribution < 1.29 is 46.9 Å². The third-order valence-corrected chi connectivity index (χ3v) is 16.3. The van der Waals surface area contributed by atoms with Crippen LogP contribution in [0.4, 0.5) is 5.69 Å². The molecule has 1 aliphatic rings. The van der Waals surface area contributed by atoms with Crippen molar-refractivity contribution in [1.82, 2.24) is 39.9 Å². The smallest absolute Gasteiger partial charge is 0.328 e. The van der Waals surface area contributed by atoms with E-state index in [4.69, 9.17) is 14.2 Å². The molecule has 3 heterocycles. The van der Waals surface area contributed by atoms with Gasteiger partial charge in [0.15, 0.2) is 5.75 Å². The predicted octanol–water partition coefficient (Wildman–Crippen LogP) is 7.51. The number of β-amino-alcohol motifs (C(OH)–C–C–N with tert-alkyl or cyclic N) is 1. The average Bonchev–Trinajstić information content (AvgIpc) is 4.16. The summed E-state index contributed by atoms with van der Waals surface area (Å²) in [5.74, 6) is -0.283. The van der Waals surface area contributed by atoms with E-state index < -0.39 is 51.3 Å². The van der Waals surface area contributed by atoms with Crippen LogP contribution < -0.4 is 40.6 Å². The summed E-state index contributed by atoms with van der Waals surface area (Å²) in [6, 6.07) is 19.8. The number of amides is 4. The van der Waals surface area contributed by atoms with Crippen molar-refractivity contribution >= 4 is 61.7 Å². The van der Waals surface area contributed by atoms with E-state index in [1.807, 2.05) is 73.0 Å². The minimum atomic E-state index is -4.37. The van der Waals surface area contributed by atoms with Crippen LogP contribution in [-0.4, -0.2) is 126 Å². The van der Waals surface area contributed by atoms with Gasteiger partial charge in [-0.05, 0) is 100 Å². The predicted molar refractivity (Wildman–Crippen MR) is 313 cm³/mol. The normalized spacial score (nSPS) is 14.9. The molecule has 20 nitrogen and oxygen atoms in total. The van der Waals surface area contributed by atoms with Gasteiger partial charge in [0.2, 0.25) is 17.7 Å². The standard InChI is InChI=1S/C59H77N9O11S2/c1-10-26-77-43-30-44(78-27-15-14-25-65(6)7)32-45(31-43)79-51-34-49-48(66(8)58(74)67(49)9)33-47(51)64-81(75,76)46-18-16-17-41(28-46)55(71)60-24-13-11-12-19-52(70)63-54(59(3,4)5)57(73)68-36-42(69)29-50(68)56(72)61-35-39-20-22-40(23-21-39)53-38(2)62-37-80-53/h16-18,20-23,28,30-34,37,42,50,54,64,69H,10-15,19,24-27,29,35-36H2,1-9H3,(H,60,71)(H,61,72)(H,63,70)/t42-,50+,54-/m1/s1. The second-order valence-electron chi connectivity index (χ2n) is 21.8. The zero-order valence-electron chi connectivity index (χ0n) is 47.8. The van der Waals surface area contributed by atoms with Gasteiger partial charge in [0.05, 0.1) is 57.0 Å². The monoisotopic (exact) mass is 1150 g/mol. The SMILES string of the molecule is CCCOc1cc(OCCCCN(C)C)cc(Oc2cc3c(cc2NS(=O)(=O)c2cccc(C(=O)NCCCCCC(=O)N[C@H](C(=O)N4C[C@H](O)C[C@H]4C(=O)NCc4ccc(-c5scnc5C)cc4)C(C)(C)C)c2)n(C)c(=O)n3C)c1. The van der Waals surface area contributed by atoms with Gasteiger partial charge in [-0.3, -0.25) is 33.0 Å². The molecule has 7 rings (SSSR count). The van der Waals surface area contributed by atoms with Gasteiger partial charge in [0, 0.05) is 76.4 Å². The third-order valence-electron chi connectivity index (χ3n) is 13.9. The van der Waals surface area contributed by atoms with Crippen molar-refractivity contribution in [3.63, 3.8) is 0 Å². The Labute approximate surface area is 478 Å². The summed E-state index contributed by atoms with van der Waals surface area (Å²) in [5, 5.41) is 19.3. The molecule has 4 amide bonds. The van der Waals surface area contributed by atoms with E-state index in [1.54, 1.807) is 55.2 Å². The van der Waals surface area contributed by atoms with Gasteiger partial charge >= 0.3 is 5.69 Å². The lowest BCUT2D eigenvalue weighted by molar-refractivity contribution is -0.144. The number of hydrogen-bond acceptors (Lipinski definition) is 14. The number of sulfonamides is 1. The highest BCUT2D eigenvalue weighted by atomic mass is 32.2. The molecule has 81 heavy (non-hydrogen) atoms. The first-order chi connectivity index (χ1) is 38.5. The van der Waals surface area contributed by atoms with Crippen molar-refractivity contribution in [3.05, 3.63) is 112 Å². The van der Waals surface area contributed by atoms with Crippen LogP contribution >= 0.6 is 11.3 Å². The maximum absolute atomic E-state index is 14.2. The number of benzene rings is 4. The number of unbranched alkanes of at least 4 members (excludes halogenated alkanes) is 3. The number of aromatic nitrogens is 3. The average molecular weight is 1150 g/mol. The van der Waals surface area contributed by atoms with Gasteiger partial charge in [-0.15, -0.1) is 11.3 Å². The lowest BCUT2D eigenvalue weighted by Crippen LogP contribution is -2.57. The number of nitrogens with one attached hydrogen (secondary N) is 4. The van der Waals surface area contributed by atoms with Crippen LogP contribution in [0.1, 0.15) is 101 Å². The Morgan fingerprint density at radius 3 is 2.22 bits per heavy atom. The van der Waals surface area contributed by atoms with E-state index in [2.05, 4.69) is 30.6 Å². The minimum absolute atomic E-state index is 0.0378. The molecule has 5 N–H and O–H groups in total. The maximum atomic E-state index is 14.2. The Morgan fingerprint density at radius 1 is 0.864 bits per heavy atom. The maximum Gasteiger partial charge on any atom is 0.328 e. The molecule has 0 aliphatic carbocycles. The number of aliphatic hydroxyl groups excluding tert-OH is 1. The molecule has 3 atom stereocenters. The van der Waals surface area contributed by atoms with E-state index >= 15 is 0 Å². The molecule has 436 valence electrons. The zero-order chi connectivity index (χ0) is 58.6. The molecular formula is C59H77N9O11S2. The summed E-state index contributed by atoms with van der Waals surface area (Å²) in [5.41, 5.74) is 4.68. The number of carbonyl (C=O) groups excluding carboxylic acids is 4. The second-order valence-corrected chi connectivity index (χ2v) is 24.4. The minimum Gasteiger partial charge on any atom is -0.493 e. The first-order valence-electron chi connectivity index (χ1n) is 27.4. The summed E-state index contributed by atoms with van der Waals surface area (Å²) >= 11 is 1.56. The molecule has 4 aromatic carbocycles. The quantitative estimate of drug-likeness (QED) is 0.0314. The number of aryl methyl sites for hydroxylation is 3. The highest BCUT2D eigenvalue weighted by Gasteiger charge is 2.44. The van der Waals surface area contributed by atoms with Gasteiger partial charge in [-0.25, -0.2) is 18.2 Å².